The Morgan fingerprint density at radius 3 is 2.12 bits per heavy atom. The van der Waals surface area contributed by atoms with Crippen molar-refractivity contribution in [3.63, 3.8) is 0 Å². The summed E-state index contributed by atoms with van der Waals surface area (Å²) < 4.78 is 6.82. The van der Waals surface area contributed by atoms with Crippen LogP contribution in [0.2, 0.25) is 16.6 Å². The SMILES string of the molecule is CC(C)[Si](O/C=C1\CCC[C@@H](O)[C@H]2CC(C)(C)C[C@@H]12)(C(C)C)C(C)C. The maximum atomic E-state index is 10.6. The third-order valence-corrected chi connectivity index (χ3v) is 13.1. The van der Waals surface area contributed by atoms with Crippen molar-refractivity contribution in [2.45, 2.75) is 110 Å². The Morgan fingerprint density at radius 1 is 1.04 bits per heavy atom. The minimum atomic E-state index is -1.86. The molecule has 146 valence electrons. The molecule has 3 atom stereocenters. The summed E-state index contributed by atoms with van der Waals surface area (Å²) in [4.78, 5) is 0. The molecule has 0 unspecified atom stereocenters. The second kappa shape index (κ2) is 7.76. The Hall–Kier alpha value is -0.283. The summed E-state index contributed by atoms with van der Waals surface area (Å²) in [6.07, 6.45) is 7.58. The molecular formula is C22H42O2Si. The summed E-state index contributed by atoms with van der Waals surface area (Å²) in [5.74, 6) is 0.950. The van der Waals surface area contributed by atoms with Crippen LogP contribution in [-0.2, 0) is 4.43 Å². The van der Waals surface area contributed by atoms with Gasteiger partial charge in [0, 0.05) is 0 Å². The standard InChI is InChI=1S/C22H42O2Si/c1-15(2)25(16(3)4,17(5)6)24-14-18-10-9-11-21(23)20-13-22(7,8)12-19(18)20/h14-17,19-21,23H,9-13H2,1-8H3/b18-14+/t19-,20-,21+/m0/s1. The van der Waals surface area contributed by atoms with E-state index in [-0.39, 0.29) is 6.10 Å². The van der Waals surface area contributed by atoms with Crippen LogP contribution in [-0.4, -0.2) is 19.5 Å². The molecule has 2 aliphatic rings. The molecule has 25 heavy (non-hydrogen) atoms. The van der Waals surface area contributed by atoms with Crippen molar-refractivity contribution in [1.29, 1.82) is 0 Å². The van der Waals surface area contributed by atoms with E-state index in [0.717, 1.165) is 25.7 Å². The van der Waals surface area contributed by atoms with Gasteiger partial charge >= 0.3 is 0 Å². The van der Waals surface area contributed by atoms with Crippen LogP contribution >= 0.6 is 0 Å². The number of aliphatic hydroxyl groups excluding tert-OH is 1. The molecule has 0 bridgehead atoms. The first kappa shape index (κ1) is 21.0. The third-order valence-electron chi connectivity index (χ3n) is 7.13. The molecule has 0 aliphatic heterocycles. The van der Waals surface area contributed by atoms with Crippen molar-refractivity contribution in [3.8, 4) is 0 Å². The molecule has 0 spiro atoms. The van der Waals surface area contributed by atoms with Crippen LogP contribution in [0.5, 0.6) is 0 Å². The van der Waals surface area contributed by atoms with Gasteiger partial charge in [0.2, 0.25) is 0 Å². The monoisotopic (exact) mass is 366 g/mol. The molecule has 0 aromatic carbocycles. The van der Waals surface area contributed by atoms with Gasteiger partial charge in [0.15, 0.2) is 0 Å². The van der Waals surface area contributed by atoms with E-state index in [9.17, 15) is 5.11 Å². The average molecular weight is 367 g/mol. The highest BCUT2D eigenvalue weighted by Crippen LogP contribution is 2.52. The second-order valence-corrected chi connectivity index (χ2v) is 15.8. The topological polar surface area (TPSA) is 29.5 Å². The van der Waals surface area contributed by atoms with Gasteiger partial charge in [0.1, 0.15) is 0 Å². The van der Waals surface area contributed by atoms with Gasteiger partial charge in [-0.1, -0.05) is 55.4 Å². The summed E-state index contributed by atoms with van der Waals surface area (Å²) in [6.45, 7) is 18.8. The minimum Gasteiger partial charge on any atom is -0.548 e. The molecule has 0 radical (unpaired) electrons. The number of rotatable bonds is 5. The van der Waals surface area contributed by atoms with Crippen molar-refractivity contribution in [2.75, 3.05) is 0 Å². The molecule has 2 fully saturated rings. The fourth-order valence-electron chi connectivity index (χ4n) is 6.07. The smallest absolute Gasteiger partial charge is 0.257 e. The predicted octanol–water partition coefficient (Wildman–Crippen LogP) is 6.66. The fourth-order valence-corrected chi connectivity index (χ4v) is 11.2. The van der Waals surface area contributed by atoms with Gasteiger partial charge in [-0.05, 0) is 71.6 Å². The number of hydrogen-bond donors (Lipinski definition) is 1. The highest BCUT2D eigenvalue weighted by molar-refractivity contribution is 6.77. The number of hydrogen-bond acceptors (Lipinski definition) is 2. The maximum absolute atomic E-state index is 10.6. The summed E-state index contributed by atoms with van der Waals surface area (Å²) in [7, 11) is -1.86. The van der Waals surface area contributed by atoms with Crippen LogP contribution in [0.15, 0.2) is 11.8 Å². The van der Waals surface area contributed by atoms with Crippen molar-refractivity contribution in [1.82, 2.24) is 0 Å². The van der Waals surface area contributed by atoms with E-state index >= 15 is 0 Å². The molecule has 0 aromatic rings. The Balaban J connectivity index is 2.31. The predicted molar refractivity (Wildman–Crippen MR) is 110 cm³/mol. The van der Waals surface area contributed by atoms with Crippen LogP contribution in [0.25, 0.3) is 0 Å². The van der Waals surface area contributed by atoms with Gasteiger partial charge in [0.05, 0.1) is 12.4 Å². The maximum Gasteiger partial charge on any atom is 0.257 e. The number of aliphatic hydroxyl groups is 1. The fraction of sp³-hybridized carbons (Fsp3) is 0.909. The molecule has 0 amide bonds. The van der Waals surface area contributed by atoms with Crippen LogP contribution in [0.1, 0.15) is 87.5 Å². The van der Waals surface area contributed by atoms with E-state index in [1.165, 1.54) is 12.0 Å². The van der Waals surface area contributed by atoms with Crippen molar-refractivity contribution < 1.29 is 9.53 Å². The molecule has 0 saturated heterocycles. The van der Waals surface area contributed by atoms with E-state index in [1.54, 1.807) is 0 Å². The first-order valence-corrected chi connectivity index (χ1v) is 12.7. The molecule has 1 N–H and O–H groups in total. The zero-order chi connectivity index (χ0) is 19.0. The van der Waals surface area contributed by atoms with E-state index in [2.05, 4.69) is 61.7 Å². The Bertz CT molecular complexity index is 457. The molecule has 2 aliphatic carbocycles. The largest absolute Gasteiger partial charge is 0.548 e. The van der Waals surface area contributed by atoms with Crippen LogP contribution in [0, 0.1) is 17.3 Å². The number of allylic oxidation sites excluding steroid dienone is 1. The van der Waals surface area contributed by atoms with Crippen molar-refractivity contribution in [3.05, 3.63) is 11.8 Å². The second-order valence-electron chi connectivity index (χ2n) is 10.4. The lowest BCUT2D eigenvalue weighted by Gasteiger charge is -2.41. The van der Waals surface area contributed by atoms with Gasteiger partial charge in [-0.3, -0.25) is 0 Å². The highest BCUT2D eigenvalue weighted by Gasteiger charge is 2.48. The van der Waals surface area contributed by atoms with Gasteiger partial charge < -0.3 is 9.53 Å². The molecule has 2 rings (SSSR count). The normalized spacial score (nSPS) is 31.7. The summed E-state index contributed by atoms with van der Waals surface area (Å²) in [6, 6.07) is 0. The molecule has 2 nitrogen and oxygen atoms in total. The van der Waals surface area contributed by atoms with Crippen molar-refractivity contribution in [2.24, 2.45) is 17.3 Å². The Morgan fingerprint density at radius 2 is 1.60 bits per heavy atom. The summed E-state index contributed by atoms with van der Waals surface area (Å²) in [5, 5.41) is 10.6. The first-order chi connectivity index (χ1) is 11.5. The third kappa shape index (κ3) is 4.18. The van der Waals surface area contributed by atoms with Gasteiger partial charge in [0.25, 0.3) is 8.32 Å². The molecule has 2 saturated carbocycles. The lowest BCUT2D eigenvalue weighted by molar-refractivity contribution is 0.0873. The zero-order valence-corrected chi connectivity index (χ0v) is 18.9. The van der Waals surface area contributed by atoms with E-state index < -0.39 is 8.32 Å². The highest BCUT2D eigenvalue weighted by atomic mass is 28.4. The Kier molecular flexibility index (Phi) is 6.52. The molecular weight excluding hydrogens is 324 g/mol. The lowest BCUT2D eigenvalue weighted by atomic mass is 9.86. The molecule has 3 heteroatoms. The Labute approximate surface area is 157 Å². The van der Waals surface area contributed by atoms with E-state index in [4.69, 9.17) is 4.43 Å². The van der Waals surface area contributed by atoms with Crippen LogP contribution in [0.3, 0.4) is 0 Å². The van der Waals surface area contributed by atoms with E-state index in [1.807, 2.05) is 0 Å². The lowest BCUT2D eigenvalue weighted by Crippen LogP contribution is -2.46. The first-order valence-electron chi connectivity index (χ1n) is 10.6. The number of fused-ring (bicyclic) bond motifs is 1. The van der Waals surface area contributed by atoms with E-state index in [0.29, 0.717) is 33.9 Å². The van der Waals surface area contributed by atoms with Crippen LogP contribution < -0.4 is 0 Å². The summed E-state index contributed by atoms with van der Waals surface area (Å²) in [5.41, 5.74) is 3.66. The zero-order valence-electron chi connectivity index (χ0n) is 17.9. The van der Waals surface area contributed by atoms with Gasteiger partial charge in [-0.2, -0.15) is 0 Å². The van der Waals surface area contributed by atoms with Crippen molar-refractivity contribution >= 4 is 8.32 Å². The molecule has 0 aromatic heterocycles. The quantitative estimate of drug-likeness (QED) is 0.435. The van der Waals surface area contributed by atoms with Gasteiger partial charge in [-0.25, -0.2) is 0 Å². The molecule has 0 heterocycles. The van der Waals surface area contributed by atoms with Gasteiger partial charge in [-0.15, -0.1) is 0 Å². The average Bonchev–Trinajstić information content (AvgIpc) is 2.73. The minimum absolute atomic E-state index is 0.125. The van der Waals surface area contributed by atoms with Crippen LogP contribution in [0.4, 0.5) is 0 Å². The summed E-state index contributed by atoms with van der Waals surface area (Å²) >= 11 is 0.